The molecule has 0 radical (unpaired) electrons. The molecule has 1 saturated heterocycles. The third-order valence-electron chi connectivity index (χ3n) is 5.13. The van der Waals surface area contributed by atoms with Crippen LogP contribution >= 0.6 is 0 Å². The van der Waals surface area contributed by atoms with E-state index in [0.717, 1.165) is 25.7 Å². The van der Waals surface area contributed by atoms with Crippen molar-refractivity contribution in [3.05, 3.63) is 0 Å². The summed E-state index contributed by atoms with van der Waals surface area (Å²) in [5.41, 5.74) is 0. The summed E-state index contributed by atoms with van der Waals surface area (Å²) in [4.78, 5) is 13.9. The SMILES string of the molecule is COCCNCC(=O)N1CCN(S(=O)(=O)N(C)C2CCCCC2)CC1. The lowest BCUT2D eigenvalue weighted by Crippen LogP contribution is -2.56. The molecule has 9 heteroatoms. The molecule has 2 rings (SSSR count). The Morgan fingerprint density at radius 2 is 1.80 bits per heavy atom. The Hall–Kier alpha value is -0.740. The maximum Gasteiger partial charge on any atom is 0.282 e. The predicted molar refractivity (Wildman–Crippen MR) is 96.5 cm³/mol. The molecular weight excluding hydrogens is 344 g/mol. The van der Waals surface area contributed by atoms with Crippen molar-refractivity contribution in [1.29, 1.82) is 0 Å². The van der Waals surface area contributed by atoms with Gasteiger partial charge in [0.2, 0.25) is 5.91 Å². The lowest BCUT2D eigenvalue weighted by Gasteiger charge is -2.38. The zero-order valence-corrected chi connectivity index (χ0v) is 16.3. The second kappa shape index (κ2) is 9.82. The van der Waals surface area contributed by atoms with Crippen LogP contribution in [-0.4, -0.2) is 93.9 Å². The maximum absolute atomic E-state index is 12.8. The number of piperazine rings is 1. The number of nitrogens with one attached hydrogen (secondary N) is 1. The van der Waals surface area contributed by atoms with E-state index in [0.29, 0.717) is 39.3 Å². The van der Waals surface area contributed by atoms with Gasteiger partial charge in [-0.1, -0.05) is 19.3 Å². The van der Waals surface area contributed by atoms with E-state index in [1.54, 1.807) is 23.4 Å². The van der Waals surface area contributed by atoms with Gasteiger partial charge in [-0.15, -0.1) is 0 Å². The summed E-state index contributed by atoms with van der Waals surface area (Å²) in [6.45, 7) is 3.07. The standard InChI is InChI=1S/C16H32N4O4S/c1-18(15-6-4-3-5-7-15)25(22,23)20-11-9-19(10-12-20)16(21)14-17-8-13-24-2/h15,17H,3-14H2,1-2H3. The van der Waals surface area contributed by atoms with Gasteiger partial charge in [-0.3, -0.25) is 4.79 Å². The Morgan fingerprint density at radius 1 is 1.16 bits per heavy atom. The van der Waals surface area contributed by atoms with Gasteiger partial charge >= 0.3 is 0 Å². The number of ether oxygens (including phenoxy) is 1. The molecule has 2 aliphatic rings. The minimum absolute atomic E-state index is 0.00814. The van der Waals surface area contributed by atoms with E-state index < -0.39 is 10.2 Å². The van der Waals surface area contributed by atoms with E-state index in [9.17, 15) is 13.2 Å². The highest BCUT2D eigenvalue weighted by molar-refractivity contribution is 7.86. The zero-order chi connectivity index (χ0) is 18.3. The van der Waals surface area contributed by atoms with Crippen molar-refractivity contribution in [3.63, 3.8) is 0 Å². The number of nitrogens with zero attached hydrogens (tertiary/aromatic N) is 3. The fraction of sp³-hybridized carbons (Fsp3) is 0.938. The number of carbonyl (C=O) groups is 1. The first-order valence-corrected chi connectivity index (χ1v) is 10.6. The Bertz CT molecular complexity index is 514. The molecule has 0 unspecified atom stereocenters. The summed E-state index contributed by atoms with van der Waals surface area (Å²) in [5.74, 6) is 0.00814. The van der Waals surface area contributed by atoms with Crippen LogP contribution in [0.1, 0.15) is 32.1 Å². The van der Waals surface area contributed by atoms with Crippen LogP contribution in [0.3, 0.4) is 0 Å². The van der Waals surface area contributed by atoms with Gasteiger partial charge in [0.15, 0.2) is 0 Å². The molecule has 2 fully saturated rings. The van der Waals surface area contributed by atoms with Gasteiger partial charge in [0.1, 0.15) is 0 Å². The molecule has 0 bridgehead atoms. The smallest absolute Gasteiger partial charge is 0.282 e. The van der Waals surface area contributed by atoms with Crippen LogP contribution in [0.15, 0.2) is 0 Å². The van der Waals surface area contributed by atoms with E-state index in [1.165, 1.54) is 10.7 Å². The Morgan fingerprint density at radius 3 is 2.40 bits per heavy atom. The third-order valence-corrected chi connectivity index (χ3v) is 7.17. The zero-order valence-electron chi connectivity index (χ0n) is 15.4. The van der Waals surface area contributed by atoms with Crippen molar-refractivity contribution < 1.29 is 17.9 Å². The molecule has 0 aromatic carbocycles. The van der Waals surface area contributed by atoms with Crippen molar-refractivity contribution in [2.24, 2.45) is 0 Å². The van der Waals surface area contributed by atoms with Gasteiger partial charge in [-0.2, -0.15) is 17.0 Å². The molecule has 1 saturated carbocycles. The highest BCUT2D eigenvalue weighted by atomic mass is 32.2. The van der Waals surface area contributed by atoms with Gasteiger partial charge in [0, 0.05) is 52.9 Å². The van der Waals surface area contributed by atoms with E-state index >= 15 is 0 Å². The van der Waals surface area contributed by atoms with Crippen molar-refractivity contribution in [2.75, 3.05) is 60.0 Å². The maximum atomic E-state index is 12.8. The summed E-state index contributed by atoms with van der Waals surface area (Å²) >= 11 is 0. The number of hydrogen-bond acceptors (Lipinski definition) is 5. The average molecular weight is 377 g/mol. The number of hydrogen-bond donors (Lipinski definition) is 1. The molecule has 0 spiro atoms. The minimum atomic E-state index is -3.44. The molecule has 1 aliphatic heterocycles. The van der Waals surface area contributed by atoms with Gasteiger partial charge in [-0.25, -0.2) is 0 Å². The summed E-state index contributed by atoms with van der Waals surface area (Å²) in [7, 11) is -0.123. The van der Waals surface area contributed by atoms with Gasteiger partial charge in [0.25, 0.3) is 10.2 Å². The third kappa shape index (κ3) is 5.62. The molecule has 146 valence electrons. The second-order valence-electron chi connectivity index (χ2n) is 6.77. The van der Waals surface area contributed by atoms with Gasteiger partial charge in [0.05, 0.1) is 13.2 Å². The molecule has 0 atom stereocenters. The van der Waals surface area contributed by atoms with Gasteiger partial charge in [-0.05, 0) is 12.8 Å². The molecule has 1 N–H and O–H groups in total. The van der Waals surface area contributed by atoms with Crippen LogP contribution in [0.25, 0.3) is 0 Å². The summed E-state index contributed by atoms with van der Waals surface area (Å²) < 4.78 is 33.7. The first-order chi connectivity index (χ1) is 12.0. The Kier molecular flexibility index (Phi) is 8.08. The predicted octanol–water partition coefficient (Wildman–Crippen LogP) is -0.124. The van der Waals surface area contributed by atoms with Crippen LogP contribution in [0.4, 0.5) is 0 Å². The fourth-order valence-corrected chi connectivity index (χ4v) is 5.04. The van der Waals surface area contributed by atoms with E-state index in [-0.39, 0.29) is 18.5 Å². The van der Waals surface area contributed by atoms with E-state index in [4.69, 9.17) is 4.74 Å². The summed E-state index contributed by atoms with van der Waals surface area (Å²) in [6, 6.07) is 0.114. The average Bonchev–Trinajstić information content (AvgIpc) is 2.65. The Labute approximate surface area is 151 Å². The second-order valence-corrected chi connectivity index (χ2v) is 8.75. The lowest BCUT2D eigenvalue weighted by molar-refractivity contribution is -0.131. The lowest BCUT2D eigenvalue weighted by atomic mass is 9.96. The first-order valence-electron chi connectivity index (χ1n) is 9.17. The highest BCUT2D eigenvalue weighted by Crippen LogP contribution is 2.25. The fourth-order valence-electron chi connectivity index (χ4n) is 3.46. The highest BCUT2D eigenvalue weighted by Gasteiger charge is 2.35. The van der Waals surface area contributed by atoms with Crippen molar-refractivity contribution in [1.82, 2.24) is 18.8 Å². The van der Waals surface area contributed by atoms with Crippen molar-refractivity contribution >= 4 is 16.1 Å². The van der Waals surface area contributed by atoms with Crippen LogP contribution < -0.4 is 5.32 Å². The summed E-state index contributed by atoms with van der Waals surface area (Å²) in [6.07, 6.45) is 5.29. The van der Waals surface area contributed by atoms with Gasteiger partial charge < -0.3 is 15.0 Å². The molecule has 8 nitrogen and oxygen atoms in total. The molecule has 25 heavy (non-hydrogen) atoms. The number of amides is 1. The number of rotatable bonds is 8. The minimum Gasteiger partial charge on any atom is -0.383 e. The van der Waals surface area contributed by atoms with Crippen molar-refractivity contribution in [3.8, 4) is 0 Å². The Balaban J connectivity index is 1.80. The number of methoxy groups -OCH3 is 1. The summed E-state index contributed by atoms with van der Waals surface area (Å²) in [5, 5.41) is 3.03. The van der Waals surface area contributed by atoms with Crippen molar-refractivity contribution in [2.45, 2.75) is 38.1 Å². The van der Waals surface area contributed by atoms with Crippen LogP contribution in [0.5, 0.6) is 0 Å². The van der Waals surface area contributed by atoms with Crippen LogP contribution in [0, 0.1) is 0 Å². The normalized spacial score (nSPS) is 21.0. The molecule has 1 aliphatic carbocycles. The van der Waals surface area contributed by atoms with Crippen LogP contribution in [0.2, 0.25) is 0 Å². The van der Waals surface area contributed by atoms with E-state index in [1.807, 2.05) is 0 Å². The quantitative estimate of drug-likeness (QED) is 0.597. The van der Waals surface area contributed by atoms with Crippen LogP contribution in [-0.2, 0) is 19.7 Å². The monoisotopic (exact) mass is 376 g/mol. The van der Waals surface area contributed by atoms with E-state index in [2.05, 4.69) is 5.32 Å². The molecule has 0 aromatic heterocycles. The largest absolute Gasteiger partial charge is 0.383 e. The molecule has 1 heterocycles. The molecular formula is C16H32N4O4S. The molecule has 0 aromatic rings. The number of carbonyl (C=O) groups excluding carboxylic acids is 1. The molecule has 1 amide bonds. The topological polar surface area (TPSA) is 82.2 Å². The first kappa shape index (κ1) is 20.6.